The standard InChI is InChI=1S/C28H33N5O8S/c1-39-20-6-4-17(5-7-20)18-12-25(34)33(26(35)13-18,16-42(36,37)38)19-8-10-32(11-9-19)28-30-22-15-24(41-3)23(40-2)14-21(22)27(29)31-28/h4-7,14-15,18-19H,8-13,16H2,1-3H3,(H2-,29,30,31,36,37,38). The Morgan fingerprint density at radius 2 is 1.55 bits per heavy atom. The lowest BCUT2D eigenvalue weighted by Crippen LogP contribution is -2.68. The van der Waals surface area contributed by atoms with Crippen molar-refractivity contribution in [3.63, 3.8) is 0 Å². The molecule has 42 heavy (non-hydrogen) atoms. The van der Waals surface area contributed by atoms with Gasteiger partial charge in [0, 0.05) is 43.3 Å². The van der Waals surface area contributed by atoms with E-state index in [0.29, 0.717) is 47.2 Å². The van der Waals surface area contributed by atoms with Crippen LogP contribution in [-0.2, 0) is 19.7 Å². The molecule has 2 fully saturated rings. The summed E-state index contributed by atoms with van der Waals surface area (Å²) in [6.45, 7) is 0.647. The van der Waals surface area contributed by atoms with Crippen LogP contribution < -0.4 is 24.8 Å². The summed E-state index contributed by atoms with van der Waals surface area (Å²) in [4.78, 5) is 38.4. The monoisotopic (exact) mass is 599 g/mol. The number of rotatable bonds is 8. The number of hydrogen-bond donors (Lipinski definition) is 1. The maximum absolute atomic E-state index is 13.7. The van der Waals surface area contributed by atoms with Gasteiger partial charge in [0.25, 0.3) is 0 Å². The zero-order chi connectivity index (χ0) is 30.2. The topological polar surface area (TPSA) is 174 Å². The van der Waals surface area contributed by atoms with Gasteiger partial charge in [-0.2, -0.15) is 9.47 Å². The van der Waals surface area contributed by atoms with Gasteiger partial charge in [0.15, 0.2) is 17.4 Å². The fraction of sp³-hybridized carbons (Fsp3) is 0.429. The molecule has 0 bridgehead atoms. The lowest BCUT2D eigenvalue weighted by Gasteiger charge is -2.46. The number of hydrogen-bond acceptors (Lipinski definition) is 12. The summed E-state index contributed by atoms with van der Waals surface area (Å²) in [5.74, 6) is -0.428. The van der Waals surface area contributed by atoms with E-state index in [1.165, 1.54) is 14.2 Å². The van der Waals surface area contributed by atoms with Crippen LogP contribution in [0, 0.1) is 0 Å². The second-order valence-corrected chi connectivity index (χ2v) is 11.9. The largest absolute Gasteiger partial charge is 0.744 e. The average Bonchev–Trinajstić information content (AvgIpc) is 2.97. The van der Waals surface area contributed by atoms with Crippen LogP contribution in [0.15, 0.2) is 36.4 Å². The molecule has 224 valence electrons. The molecule has 0 unspecified atom stereocenters. The normalized spacial score (nSPS) is 21.9. The molecule has 0 aliphatic carbocycles. The van der Waals surface area contributed by atoms with Crippen molar-refractivity contribution < 1.29 is 41.3 Å². The van der Waals surface area contributed by atoms with Gasteiger partial charge in [-0.25, -0.2) is 23.0 Å². The third-order valence-electron chi connectivity index (χ3n) is 8.27. The van der Waals surface area contributed by atoms with Gasteiger partial charge in [-0.15, -0.1) is 0 Å². The summed E-state index contributed by atoms with van der Waals surface area (Å²) in [7, 11) is -0.334. The maximum atomic E-state index is 13.7. The third-order valence-corrected chi connectivity index (χ3v) is 8.99. The molecule has 3 aromatic rings. The summed E-state index contributed by atoms with van der Waals surface area (Å²) < 4.78 is 51.1. The minimum atomic E-state index is -4.91. The first-order valence-electron chi connectivity index (χ1n) is 13.4. The molecular formula is C28H33N5O8S. The number of nitrogen functional groups attached to an aromatic ring is 1. The Morgan fingerprint density at radius 1 is 0.952 bits per heavy atom. The Kier molecular flexibility index (Phi) is 7.96. The zero-order valence-corrected chi connectivity index (χ0v) is 24.4. The van der Waals surface area contributed by atoms with Crippen molar-refractivity contribution in [2.75, 3.05) is 50.9 Å². The highest BCUT2D eigenvalue weighted by Crippen LogP contribution is 2.40. The van der Waals surface area contributed by atoms with Crippen LogP contribution in [0.5, 0.6) is 17.2 Å². The number of methoxy groups -OCH3 is 3. The van der Waals surface area contributed by atoms with Gasteiger partial charge in [-0.05, 0) is 23.8 Å². The molecule has 2 aliphatic rings. The Balaban J connectivity index is 1.39. The number of amides is 2. The molecule has 2 saturated heterocycles. The predicted octanol–water partition coefficient (Wildman–Crippen LogP) is 2.16. The summed E-state index contributed by atoms with van der Waals surface area (Å²) >= 11 is 0. The van der Waals surface area contributed by atoms with Gasteiger partial charge >= 0.3 is 11.8 Å². The molecule has 0 spiro atoms. The van der Waals surface area contributed by atoms with E-state index in [0.717, 1.165) is 5.56 Å². The molecule has 2 N–H and O–H groups in total. The molecule has 0 saturated carbocycles. The smallest absolute Gasteiger partial charge is 0.322 e. The second-order valence-electron chi connectivity index (χ2n) is 10.6. The number of benzene rings is 2. The molecule has 3 heterocycles. The number of anilines is 2. The van der Waals surface area contributed by atoms with E-state index < -0.39 is 44.3 Å². The van der Waals surface area contributed by atoms with Gasteiger partial charge in [0.2, 0.25) is 5.95 Å². The van der Waals surface area contributed by atoms with E-state index in [1.807, 2.05) is 4.90 Å². The van der Waals surface area contributed by atoms with E-state index >= 15 is 0 Å². The average molecular weight is 600 g/mol. The number of carbonyl (C=O) groups excluding carboxylic acids is 2. The molecule has 14 heteroatoms. The molecule has 2 aromatic carbocycles. The number of nitrogens with zero attached hydrogens (tertiary/aromatic N) is 4. The van der Waals surface area contributed by atoms with Crippen molar-refractivity contribution in [2.24, 2.45) is 0 Å². The molecule has 0 radical (unpaired) electrons. The molecule has 0 atom stereocenters. The quantitative estimate of drug-likeness (QED) is 0.227. The van der Waals surface area contributed by atoms with Crippen molar-refractivity contribution in [2.45, 2.75) is 37.6 Å². The molecular weight excluding hydrogens is 566 g/mol. The second kappa shape index (κ2) is 11.3. The van der Waals surface area contributed by atoms with Crippen LogP contribution in [-0.4, -0.2) is 85.6 Å². The summed E-state index contributed by atoms with van der Waals surface area (Å²) in [6.07, 6.45) is 0.438. The number of aromatic nitrogens is 2. The van der Waals surface area contributed by atoms with E-state index in [1.54, 1.807) is 43.5 Å². The first kappa shape index (κ1) is 29.5. The van der Waals surface area contributed by atoms with E-state index in [-0.39, 0.29) is 31.5 Å². The van der Waals surface area contributed by atoms with Crippen molar-refractivity contribution in [1.82, 2.24) is 9.97 Å². The van der Waals surface area contributed by atoms with Crippen LogP contribution in [0.4, 0.5) is 11.8 Å². The molecule has 5 rings (SSSR count). The number of likely N-dealkylation sites (tertiary alicyclic amines) is 1. The molecule has 2 aliphatic heterocycles. The van der Waals surface area contributed by atoms with Crippen LogP contribution >= 0.6 is 0 Å². The fourth-order valence-corrected chi connectivity index (χ4v) is 7.09. The summed E-state index contributed by atoms with van der Waals surface area (Å²) in [5.41, 5.74) is 7.57. The number of quaternary nitrogens is 1. The summed E-state index contributed by atoms with van der Waals surface area (Å²) in [5, 5.41) is 0.590. The number of piperidine rings is 2. The Hall–Kier alpha value is -4.01. The molecule has 13 nitrogen and oxygen atoms in total. The van der Waals surface area contributed by atoms with Gasteiger partial charge in [-0.3, -0.25) is 0 Å². The Labute approximate surface area is 243 Å². The van der Waals surface area contributed by atoms with Gasteiger partial charge in [0.05, 0.1) is 39.7 Å². The van der Waals surface area contributed by atoms with E-state index in [4.69, 9.17) is 19.9 Å². The van der Waals surface area contributed by atoms with Crippen molar-refractivity contribution in [1.29, 1.82) is 0 Å². The van der Waals surface area contributed by atoms with Crippen molar-refractivity contribution >= 4 is 44.6 Å². The predicted molar refractivity (Wildman–Crippen MR) is 152 cm³/mol. The highest BCUT2D eigenvalue weighted by Gasteiger charge is 2.56. The highest BCUT2D eigenvalue weighted by atomic mass is 32.2. The van der Waals surface area contributed by atoms with Crippen LogP contribution in [0.25, 0.3) is 10.9 Å². The SMILES string of the molecule is COc1ccc(C2CC(=O)[N+](CS(=O)(=O)[O-])(C3CCN(c4nc(N)c5cc(OC)c(OC)cc5n4)CC3)C(=O)C2)cc1. The third kappa shape index (κ3) is 5.44. The zero-order valence-electron chi connectivity index (χ0n) is 23.6. The van der Waals surface area contributed by atoms with Crippen LogP contribution in [0.1, 0.15) is 37.2 Å². The summed E-state index contributed by atoms with van der Waals surface area (Å²) in [6, 6.07) is 9.78. The lowest BCUT2D eigenvalue weighted by molar-refractivity contribution is -0.798. The number of fused-ring (bicyclic) bond motifs is 1. The first-order chi connectivity index (χ1) is 20.0. The Bertz CT molecular complexity index is 1600. The van der Waals surface area contributed by atoms with Crippen LogP contribution in [0.3, 0.4) is 0 Å². The molecule has 2 amide bonds. The van der Waals surface area contributed by atoms with Crippen molar-refractivity contribution in [3.8, 4) is 17.2 Å². The van der Waals surface area contributed by atoms with E-state index in [2.05, 4.69) is 9.97 Å². The van der Waals surface area contributed by atoms with Gasteiger partial charge < -0.3 is 29.4 Å². The lowest BCUT2D eigenvalue weighted by atomic mass is 9.85. The minimum Gasteiger partial charge on any atom is -0.744 e. The van der Waals surface area contributed by atoms with Crippen molar-refractivity contribution in [3.05, 3.63) is 42.0 Å². The Morgan fingerprint density at radius 3 is 2.10 bits per heavy atom. The molecule has 1 aromatic heterocycles. The maximum Gasteiger partial charge on any atom is 0.322 e. The highest BCUT2D eigenvalue weighted by molar-refractivity contribution is 7.85. The minimum absolute atomic E-state index is 0.0522. The van der Waals surface area contributed by atoms with Crippen LogP contribution in [0.2, 0.25) is 0 Å². The van der Waals surface area contributed by atoms with E-state index in [9.17, 15) is 22.6 Å². The number of imide groups is 1. The fourth-order valence-electron chi connectivity index (χ4n) is 6.09. The first-order valence-corrected chi connectivity index (χ1v) is 15.0. The van der Waals surface area contributed by atoms with Gasteiger partial charge in [0.1, 0.15) is 27.7 Å². The van der Waals surface area contributed by atoms with Gasteiger partial charge in [-0.1, -0.05) is 12.1 Å². The number of nitrogens with two attached hydrogens (primary N) is 1. The number of ether oxygens (including phenoxy) is 3. The number of carbonyl (C=O) groups is 2.